The number of benzene rings is 1. The average Bonchev–Trinajstić information content (AvgIpc) is 2.77. The van der Waals surface area contributed by atoms with Crippen LogP contribution in [0.1, 0.15) is 33.1 Å². The van der Waals surface area contributed by atoms with Crippen molar-refractivity contribution in [2.24, 2.45) is 0 Å². The van der Waals surface area contributed by atoms with Crippen LogP contribution in [0.15, 0.2) is 29.2 Å². The van der Waals surface area contributed by atoms with Crippen molar-refractivity contribution in [1.82, 2.24) is 16.1 Å². The number of hydrogen-bond acceptors (Lipinski definition) is 8. The molecule has 0 aromatic heterocycles. The topological polar surface area (TPSA) is 154 Å². The van der Waals surface area contributed by atoms with Crippen LogP contribution in [0.3, 0.4) is 0 Å². The summed E-state index contributed by atoms with van der Waals surface area (Å²) in [5, 5.41) is 22.9. The van der Waals surface area contributed by atoms with E-state index in [-0.39, 0.29) is 18.0 Å². The molecule has 1 fully saturated rings. The molecule has 10 nitrogen and oxygen atoms in total. The molecule has 12 heteroatoms. The van der Waals surface area contributed by atoms with Gasteiger partial charge in [0.1, 0.15) is 12.4 Å². The molecular formula is C21H29N3O7S2. The van der Waals surface area contributed by atoms with Crippen LogP contribution < -0.4 is 20.9 Å². The Morgan fingerprint density at radius 3 is 2.52 bits per heavy atom. The highest BCUT2D eigenvalue weighted by Crippen LogP contribution is 2.44. The smallest absolute Gasteiger partial charge is 0.404 e. The monoisotopic (exact) mass is 499 g/mol. The quantitative estimate of drug-likeness (QED) is 0.147. The number of hydroxylamine groups is 1. The SMILES string of the molecule is CC1(C)SCCN[C@@]1(C(=O)NO)S(=O)(=O)c1ccc(OCC#CCCCCNC(=O)O)cc1. The number of unbranched alkanes of at least 4 members (excludes halogenated alkanes) is 2. The molecule has 0 radical (unpaired) electrons. The number of rotatable bonds is 9. The molecule has 0 aliphatic carbocycles. The van der Waals surface area contributed by atoms with E-state index in [9.17, 15) is 23.2 Å². The molecule has 2 amide bonds. The fraction of sp³-hybridized carbons (Fsp3) is 0.524. The highest BCUT2D eigenvalue weighted by molar-refractivity contribution is 8.02. The lowest BCUT2D eigenvalue weighted by atomic mass is 10.0. The maximum Gasteiger partial charge on any atom is 0.404 e. The Kier molecular flexibility index (Phi) is 9.42. The number of hydrogen-bond donors (Lipinski definition) is 5. The maximum atomic E-state index is 13.5. The summed E-state index contributed by atoms with van der Waals surface area (Å²) in [6.07, 6.45) is 1.01. The lowest BCUT2D eigenvalue weighted by molar-refractivity contribution is -0.133. The van der Waals surface area contributed by atoms with E-state index in [1.54, 1.807) is 13.8 Å². The zero-order chi connectivity index (χ0) is 24.5. The minimum Gasteiger partial charge on any atom is -0.481 e. The molecule has 1 atom stereocenters. The largest absolute Gasteiger partial charge is 0.481 e. The van der Waals surface area contributed by atoms with Gasteiger partial charge in [0.15, 0.2) is 0 Å². The van der Waals surface area contributed by atoms with Crippen molar-refractivity contribution in [3.8, 4) is 17.6 Å². The minimum atomic E-state index is -4.23. The van der Waals surface area contributed by atoms with Gasteiger partial charge in [-0.3, -0.25) is 15.3 Å². The molecule has 1 aliphatic rings. The first kappa shape index (κ1) is 26.8. The van der Waals surface area contributed by atoms with Crippen LogP contribution in [0, 0.1) is 11.8 Å². The Morgan fingerprint density at radius 2 is 1.91 bits per heavy atom. The molecule has 33 heavy (non-hydrogen) atoms. The Bertz CT molecular complexity index is 1000. The van der Waals surface area contributed by atoms with Crippen molar-refractivity contribution in [3.63, 3.8) is 0 Å². The predicted octanol–water partition coefficient (Wildman–Crippen LogP) is 1.60. The van der Waals surface area contributed by atoms with Gasteiger partial charge < -0.3 is 15.2 Å². The Hall–Kier alpha value is -2.46. The molecule has 0 saturated carbocycles. The summed E-state index contributed by atoms with van der Waals surface area (Å²) < 4.78 is 31.5. The summed E-state index contributed by atoms with van der Waals surface area (Å²) in [5.74, 6) is 5.78. The van der Waals surface area contributed by atoms with E-state index in [1.165, 1.54) is 41.5 Å². The second-order valence-electron chi connectivity index (χ2n) is 7.71. The lowest BCUT2D eigenvalue weighted by Crippen LogP contribution is -2.73. The number of ether oxygens (including phenoxy) is 1. The molecule has 0 spiro atoms. The van der Waals surface area contributed by atoms with Gasteiger partial charge in [-0.1, -0.05) is 11.8 Å². The van der Waals surface area contributed by atoms with E-state index >= 15 is 0 Å². The van der Waals surface area contributed by atoms with Gasteiger partial charge in [0.05, 0.1) is 9.64 Å². The summed E-state index contributed by atoms with van der Waals surface area (Å²) >= 11 is 1.34. The van der Waals surface area contributed by atoms with Crippen molar-refractivity contribution in [2.75, 3.05) is 25.4 Å². The molecular weight excluding hydrogens is 470 g/mol. The third-order valence-corrected chi connectivity index (χ3v) is 9.29. The van der Waals surface area contributed by atoms with Gasteiger partial charge in [0.25, 0.3) is 5.91 Å². The van der Waals surface area contributed by atoms with Gasteiger partial charge in [-0.05, 0) is 51.0 Å². The molecule has 0 bridgehead atoms. The third-order valence-electron chi connectivity index (χ3n) is 5.19. The molecule has 2 rings (SSSR count). The second kappa shape index (κ2) is 11.6. The van der Waals surface area contributed by atoms with E-state index in [1.807, 2.05) is 0 Å². The normalized spacial score (nSPS) is 19.6. The third kappa shape index (κ3) is 6.11. The maximum absolute atomic E-state index is 13.5. The molecule has 182 valence electrons. The summed E-state index contributed by atoms with van der Waals surface area (Å²) in [6, 6.07) is 5.69. The van der Waals surface area contributed by atoms with Gasteiger partial charge in [-0.25, -0.2) is 18.7 Å². The van der Waals surface area contributed by atoms with Gasteiger partial charge in [0, 0.05) is 25.3 Å². The number of carbonyl (C=O) groups is 2. The standard InChI is InChI=1S/C21H29N3O7S2/c1-20(2)21(18(25)24-28,23-13-15-32-20)33(29,30)17-10-8-16(9-11-17)31-14-7-5-3-4-6-12-22-19(26)27/h8-11,22-23,28H,3-4,6,12-15H2,1-2H3,(H,24,25)(H,26,27)/t21-/m0/s1. The fourth-order valence-corrected chi connectivity index (χ4v) is 7.17. The molecule has 1 aromatic carbocycles. The van der Waals surface area contributed by atoms with Gasteiger partial charge in [-0.2, -0.15) is 11.8 Å². The van der Waals surface area contributed by atoms with Crippen LogP contribution in [0.2, 0.25) is 0 Å². The lowest BCUT2D eigenvalue weighted by Gasteiger charge is -2.47. The zero-order valence-corrected chi connectivity index (χ0v) is 20.1. The first-order valence-corrected chi connectivity index (χ1v) is 12.8. The predicted molar refractivity (Wildman–Crippen MR) is 124 cm³/mol. The Balaban J connectivity index is 2.03. The van der Waals surface area contributed by atoms with Gasteiger partial charge in [-0.15, -0.1) is 0 Å². The van der Waals surface area contributed by atoms with Crippen molar-refractivity contribution >= 4 is 33.6 Å². The zero-order valence-electron chi connectivity index (χ0n) is 18.5. The van der Waals surface area contributed by atoms with Gasteiger partial charge >= 0.3 is 6.09 Å². The summed E-state index contributed by atoms with van der Waals surface area (Å²) in [7, 11) is -4.23. The first-order chi connectivity index (χ1) is 15.6. The Morgan fingerprint density at radius 1 is 1.21 bits per heavy atom. The molecule has 1 saturated heterocycles. The van der Waals surface area contributed by atoms with Crippen LogP contribution in [0.5, 0.6) is 5.75 Å². The Labute approximate surface area is 197 Å². The van der Waals surface area contributed by atoms with E-state index < -0.39 is 31.5 Å². The van der Waals surface area contributed by atoms with E-state index in [0.717, 1.165) is 6.42 Å². The molecule has 5 N–H and O–H groups in total. The van der Waals surface area contributed by atoms with Crippen LogP contribution >= 0.6 is 11.8 Å². The van der Waals surface area contributed by atoms with E-state index in [0.29, 0.717) is 30.9 Å². The highest BCUT2D eigenvalue weighted by Gasteiger charge is 2.62. The second-order valence-corrected chi connectivity index (χ2v) is 11.5. The number of thioether (sulfide) groups is 1. The fourth-order valence-electron chi connectivity index (χ4n) is 3.51. The summed E-state index contributed by atoms with van der Waals surface area (Å²) in [4.78, 5) is 20.8. The molecule has 1 aliphatic heterocycles. The number of carbonyl (C=O) groups excluding carboxylic acids is 1. The van der Waals surface area contributed by atoms with Crippen molar-refractivity contribution in [3.05, 3.63) is 24.3 Å². The summed E-state index contributed by atoms with van der Waals surface area (Å²) in [6.45, 7) is 4.08. The average molecular weight is 500 g/mol. The first-order valence-electron chi connectivity index (χ1n) is 10.3. The molecule has 1 heterocycles. The van der Waals surface area contributed by atoms with Crippen LogP contribution in [-0.2, 0) is 14.6 Å². The van der Waals surface area contributed by atoms with Crippen LogP contribution in [0.4, 0.5) is 4.79 Å². The van der Waals surface area contributed by atoms with Crippen LogP contribution in [-0.4, -0.2) is 65.8 Å². The number of amides is 2. The highest BCUT2D eigenvalue weighted by atomic mass is 32.2. The minimum absolute atomic E-state index is 0.0809. The number of carboxylic acid groups (broad SMARTS) is 1. The van der Waals surface area contributed by atoms with Crippen molar-refractivity contribution in [1.29, 1.82) is 0 Å². The van der Waals surface area contributed by atoms with Gasteiger partial charge in [0.2, 0.25) is 14.7 Å². The molecule has 1 aromatic rings. The molecule has 0 unspecified atom stereocenters. The van der Waals surface area contributed by atoms with E-state index in [2.05, 4.69) is 22.5 Å². The van der Waals surface area contributed by atoms with Crippen LogP contribution in [0.25, 0.3) is 0 Å². The number of sulfone groups is 1. The summed E-state index contributed by atoms with van der Waals surface area (Å²) in [5.41, 5.74) is 1.52. The van der Waals surface area contributed by atoms with Crippen molar-refractivity contribution < 1.29 is 33.1 Å². The van der Waals surface area contributed by atoms with Crippen molar-refractivity contribution in [2.45, 2.75) is 47.6 Å². The number of nitrogens with one attached hydrogen (secondary N) is 3. The van der Waals surface area contributed by atoms with E-state index in [4.69, 9.17) is 9.84 Å².